The maximum Gasteiger partial charge on any atom is 0.413 e. The van der Waals surface area contributed by atoms with Gasteiger partial charge >= 0.3 is 6.09 Å². The largest absolute Gasteiger partial charge is 0.444 e. The van der Waals surface area contributed by atoms with Crippen LogP contribution in [-0.4, -0.2) is 27.1 Å². The van der Waals surface area contributed by atoms with E-state index in [-0.39, 0.29) is 5.82 Å². The molecule has 7 heteroatoms. The molecule has 2 heterocycles. The average Bonchev–Trinajstić information content (AvgIpc) is 2.93. The van der Waals surface area contributed by atoms with E-state index in [1.54, 1.807) is 51.5 Å². The van der Waals surface area contributed by atoms with E-state index >= 15 is 0 Å². The van der Waals surface area contributed by atoms with Gasteiger partial charge in [0.2, 0.25) is 0 Å². The second-order valence-corrected chi connectivity index (χ2v) is 7.25. The van der Waals surface area contributed by atoms with E-state index in [0.717, 1.165) is 0 Å². The van der Waals surface area contributed by atoms with E-state index in [4.69, 9.17) is 4.74 Å². The summed E-state index contributed by atoms with van der Waals surface area (Å²) in [5, 5.41) is 2.67. The van der Waals surface area contributed by atoms with Crippen LogP contribution in [0.25, 0.3) is 0 Å². The number of hydrogen-bond donors (Lipinski definition) is 1. The van der Waals surface area contributed by atoms with Gasteiger partial charge in [-0.1, -0.05) is 18.2 Å². The number of carbonyl (C=O) groups is 1. The molecule has 0 fully saturated rings. The highest BCUT2D eigenvalue weighted by molar-refractivity contribution is 6.06. The van der Waals surface area contributed by atoms with Crippen molar-refractivity contribution in [1.82, 2.24) is 14.9 Å². The van der Waals surface area contributed by atoms with Crippen LogP contribution < -0.4 is 5.32 Å². The quantitative estimate of drug-likeness (QED) is 0.863. The molecule has 0 spiro atoms. The number of alkyl carbamates (subject to hydrolysis) is 1. The second-order valence-electron chi connectivity index (χ2n) is 7.25. The fourth-order valence-electron chi connectivity index (χ4n) is 2.85. The van der Waals surface area contributed by atoms with Gasteiger partial charge in [-0.25, -0.2) is 14.2 Å². The van der Waals surface area contributed by atoms with Gasteiger partial charge in [0, 0.05) is 5.56 Å². The minimum atomic E-state index is -0.872. The van der Waals surface area contributed by atoms with E-state index < -0.39 is 17.2 Å². The molecule has 0 bridgehead atoms. The number of ether oxygens (including phenoxy) is 1. The fraction of sp³-hybridized carbons (Fsp3) is 0.389. The number of hydrogen-bond acceptors (Lipinski definition) is 4. The minimum absolute atomic E-state index is 0.309. The lowest BCUT2D eigenvalue weighted by atomic mass is 9.90. The lowest BCUT2D eigenvalue weighted by Crippen LogP contribution is -2.43. The Kier molecular flexibility index (Phi) is 4.10. The van der Waals surface area contributed by atoms with Gasteiger partial charge in [0.15, 0.2) is 5.84 Å². The third-order valence-electron chi connectivity index (χ3n) is 3.87. The number of nitrogens with one attached hydrogen (secondary N) is 1. The van der Waals surface area contributed by atoms with Crippen LogP contribution in [0.15, 0.2) is 41.8 Å². The number of carbonyl (C=O) groups excluding carboxylic acids is 1. The molecule has 1 atom stereocenters. The molecule has 1 amide bonds. The molecule has 25 heavy (non-hydrogen) atoms. The summed E-state index contributed by atoms with van der Waals surface area (Å²) in [6.45, 7) is 7.59. The Morgan fingerprint density at radius 1 is 1.36 bits per heavy atom. The van der Waals surface area contributed by atoms with Crippen LogP contribution in [0, 0.1) is 5.82 Å². The van der Waals surface area contributed by atoms with Gasteiger partial charge in [0.05, 0.1) is 19.1 Å². The molecule has 0 saturated heterocycles. The first-order valence-corrected chi connectivity index (χ1v) is 8.03. The summed E-state index contributed by atoms with van der Waals surface area (Å²) in [6.07, 6.45) is 2.63. The van der Waals surface area contributed by atoms with Crippen molar-refractivity contribution in [2.24, 2.45) is 4.99 Å². The van der Waals surface area contributed by atoms with Gasteiger partial charge < -0.3 is 9.30 Å². The SMILES string of the molecule is CC(C)(C)OC(=O)NC1=NC(C)(c2ccccc2F)Cn2cncc21. The lowest BCUT2D eigenvalue weighted by molar-refractivity contribution is 0.0562. The first kappa shape index (κ1) is 17.1. The standard InChI is InChI=1S/C18H21FN4O2/c1-17(2,3)25-16(24)21-15-14-9-20-11-23(14)10-18(4,22-15)12-7-5-6-8-13(12)19/h5-9,11H,10H2,1-4H3,(H,21,22,24). The first-order valence-electron chi connectivity index (χ1n) is 8.03. The Bertz CT molecular complexity index is 838. The molecule has 1 aliphatic rings. The number of aliphatic imine (C=N–C) groups is 1. The zero-order valence-corrected chi connectivity index (χ0v) is 14.7. The lowest BCUT2D eigenvalue weighted by Gasteiger charge is -2.32. The molecule has 1 N–H and O–H groups in total. The van der Waals surface area contributed by atoms with Crippen LogP contribution in [0.4, 0.5) is 9.18 Å². The van der Waals surface area contributed by atoms with Crippen molar-refractivity contribution in [3.63, 3.8) is 0 Å². The van der Waals surface area contributed by atoms with Gasteiger partial charge in [-0.05, 0) is 33.8 Å². The van der Waals surface area contributed by atoms with Crippen LogP contribution in [0.1, 0.15) is 39.0 Å². The number of fused-ring (bicyclic) bond motifs is 1. The Labute approximate surface area is 145 Å². The maximum atomic E-state index is 14.3. The Morgan fingerprint density at radius 2 is 2.08 bits per heavy atom. The van der Waals surface area contributed by atoms with Crippen molar-refractivity contribution in [3.05, 3.63) is 53.9 Å². The minimum Gasteiger partial charge on any atom is -0.444 e. The number of aromatic nitrogens is 2. The van der Waals surface area contributed by atoms with E-state index in [0.29, 0.717) is 23.6 Å². The highest BCUT2D eigenvalue weighted by atomic mass is 19.1. The number of rotatable bonds is 1. The Morgan fingerprint density at radius 3 is 2.76 bits per heavy atom. The molecule has 1 aromatic heterocycles. The van der Waals surface area contributed by atoms with Gasteiger partial charge in [-0.3, -0.25) is 10.3 Å². The van der Waals surface area contributed by atoms with E-state index in [1.165, 1.54) is 6.07 Å². The van der Waals surface area contributed by atoms with Crippen molar-refractivity contribution in [2.75, 3.05) is 0 Å². The summed E-state index contributed by atoms with van der Waals surface area (Å²) >= 11 is 0. The van der Waals surface area contributed by atoms with Crippen LogP contribution >= 0.6 is 0 Å². The molecule has 132 valence electrons. The highest BCUT2D eigenvalue weighted by Crippen LogP contribution is 2.33. The topological polar surface area (TPSA) is 68.5 Å². The molecule has 0 radical (unpaired) electrons. The molecule has 1 aromatic carbocycles. The predicted octanol–water partition coefficient (Wildman–Crippen LogP) is 3.22. The molecule has 0 saturated carbocycles. The van der Waals surface area contributed by atoms with Gasteiger partial charge in [-0.2, -0.15) is 0 Å². The van der Waals surface area contributed by atoms with Crippen molar-refractivity contribution < 1.29 is 13.9 Å². The van der Waals surface area contributed by atoms with E-state index in [1.807, 2.05) is 11.5 Å². The maximum absolute atomic E-state index is 14.3. The first-order chi connectivity index (χ1) is 11.7. The number of benzene rings is 1. The van der Waals surface area contributed by atoms with E-state index in [2.05, 4.69) is 15.3 Å². The van der Waals surface area contributed by atoms with Crippen molar-refractivity contribution in [3.8, 4) is 0 Å². The number of halogens is 1. The molecule has 1 unspecified atom stereocenters. The predicted molar refractivity (Wildman–Crippen MR) is 91.9 cm³/mol. The van der Waals surface area contributed by atoms with Crippen LogP contribution in [-0.2, 0) is 16.8 Å². The van der Waals surface area contributed by atoms with Crippen molar-refractivity contribution in [1.29, 1.82) is 0 Å². The zero-order valence-electron chi connectivity index (χ0n) is 14.7. The molecular formula is C18H21FN4O2. The molecular weight excluding hydrogens is 323 g/mol. The second kappa shape index (κ2) is 5.98. The molecule has 6 nitrogen and oxygen atoms in total. The van der Waals surface area contributed by atoms with Gasteiger partial charge in [0.1, 0.15) is 22.7 Å². The Hall–Kier alpha value is -2.70. The number of imidazole rings is 1. The molecule has 2 aromatic rings. The number of nitrogens with zero attached hydrogens (tertiary/aromatic N) is 3. The summed E-state index contributed by atoms with van der Waals surface area (Å²) in [5.74, 6) is -0.0299. The fourth-order valence-corrected chi connectivity index (χ4v) is 2.85. The number of amidine groups is 1. The normalized spacial score (nSPS) is 19.8. The van der Waals surface area contributed by atoms with E-state index in [9.17, 15) is 9.18 Å². The molecule has 0 aliphatic carbocycles. The summed E-state index contributed by atoms with van der Waals surface area (Å²) in [5.41, 5.74) is -0.393. The van der Waals surface area contributed by atoms with Gasteiger partial charge in [-0.15, -0.1) is 0 Å². The van der Waals surface area contributed by atoms with Gasteiger partial charge in [0.25, 0.3) is 0 Å². The summed E-state index contributed by atoms with van der Waals surface area (Å²) < 4.78 is 21.5. The Balaban J connectivity index is 1.98. The monoisotopic (exact) mass is 344 g/mol. The van der Waals surface area contributed by atoms with Crippen molar-refractivity contribution >= 4 is 11.9 Å². The number of amides is 1. The van der Waals surface area contributed by atoms with Crippen LogP contribution in [0.5, 0.6) is 0 Å². The molecule has 1 aliphatic heterocycles. The third-order valence-corrected chi connectivity index (χ3v) is 3.87. The zero-order chi connectivity index (χ0) is 18.2. The third kappa shape index (κ3) is 3.55. The van der Waals surface area contributed by atoms with Crippen molar-refractivity contribution in [2.45, 2.75) is 45.4 Å². The van der Waals surface area contributed by atoms with Crippen LogP contribution in [0.2, 0.25) is 0 Å². The summed E-state index contributed by atoms with van der Waals surface area (Å²) in [6, 6.07) is 6.51. The summed E-state index contributed by atoms with van der Waals surface area (Å²) in [7, 11) is 0. The average molecular weight is 344 g/mol. The molecule has 3 rings (SSSR count). The smallest absolute Gasteiger partial charge is 0.413 e. The van der Waals surface area contributed by atoms with Crippen LogP contribution in [0.3, 0.4) is 0 Å². The highest BCUT2D eigenvalue weighted by Gasteiger charge is 2.35. The summed E-state index contributed by atoms with van der Waals surface area (Å²) in [4.78, 5) is 20.9.